The summed E-state index contributed by atoms with van der Waals surface area (Å²) in [6.45, 7) is 5.67. The van der Waals surface area contributed by atoms with Crippen LogP contribution in [0.3, 0.4) is 0 Å². The maximum Gasteiger partial charge on any atom is 0.696 e. The number of hydrogen-bond acceptors (Lipinski definition) is 6. The molecular formula is C7H23BO6Si. The Labute approximate surface area is 96.2 Å². The largest absolute Gasteiger partial charge is 0.696 e. The van der Waals surface area contributed by atoms with Gasteiger partial charge in [-0.15, -0.1) is 0 Å². The van der Waals surface area contributed by atoms with Gasteiger partial charge >= 0.3 is 7.32 Å². The minimum atomic E-state index is -0.931. The molecule has 0 spiro atoms. The Morgan fingerprint density at radius 3 is 1.40 bits per heavy atom. The Morgan fingerprint density at radius 1 is 0.867 bits per heavy atom. The Bertz CT molecular complexity index is 91.5. The standard InChI is InChI=1S/C4H10O.C3H9BO5.H4Si/c1-3-5-4-2;1-5-4(8-6-2)9-7-3;/h3-4H2,1-2H3;1-3H3;1H4. The lowest BCUT2D eigenvalue weighted by Crippen LogP contribution is -2.24. The summed E-state index contributed by atoms with van der Waals surface area (Å²) in [5.41, 5.74) is 0. The van der Waals surface area contributed by atoms with E-state index in [0.29, 0.717) is 0 Å². The highest BCUT2D eigenvalue weighted by atomic mass is 28.1. The van der Waals surface area contributed by atoms with Crippen LogP contribution < -0.4 is 0 Å². The van der Waals surface area contributed by atoms with Gasteiger partial charge in [-0.1, -0.05) is 0 Å². The van der Waals surface area contributed by atoms with E-state index in [0.717, 1.165) is 13.2 Å². The molecule has 0 aliphatic carbocycles. The number of hydrogen-bond donors (Lipinski definition) is 0. The first-order valence-corrected chi connectivity index (χ1v) is 4.26. The molecule has 0 N–H and O–H groups in total. The summed E-state index contributed by atoms with van der Waals surface area (Å²) in [6, 6.07) is 0. The predicted octanol–water partition coefficient (Wildman–Crippen LogP) is -0.635. The van der Waals surface area contributed by atoms with Gasteiger partial charge in [0.1, 0.15) is 0 Å². The molecule has 0 bridgehead atoms. The highest BCUT2D eigenvalue weighted by Crippen LogP contribution is 1.88. The SMILES string of the molecule is CCOCC.COOB(OC)OOC.[SiH4]. The fourth-order valence-electron chi connectivity index (χ4n) is 0.456. The van der Waals surface area contributed by atoms with Crippen molar-refractivity contribution >= 4 is 18.3 Å². The molecular weight excluding hydrogens is 219 g/mol. The van der Waals surface area contributed by atoms with Crippen molar-refractivity contribution in [2.24, 2.45) is 0 Å². The summed E-state index contributed by atoms with van der Waals surface area (Å²) in [5.74, 6) is 0. The molecule has 0 aromatic heterocycles. The Kier molecular flexibility index (Phi) is 26.7. The third-order valence-corrected chi connectivity index (χ3v) is 0.950. The van der Waals surface area contributed by atoms with Crippen molar-refractivity contribution in [1.29, 1.82) is 0 Å². The van der Waals surface area contributed by atoms with Crippen molar-refractivity contribution in [2.75, 3.05) is 34.5 Å². The van der Waals surface area contributed by atoms with Crippen molar-refractivity contribution in [3.8, 4) is 0 Å². The van der Waals surface area contributed by atoms with Crippen LogP contribution >= 0.6 is 0 Å². The molecule has 0 radical (unpaired) electrons. The highest BCUT2D eigenvalue weighted by Gasteiger charge is 2.21. The van der Waals surface area contributed by atoms with Gasteiger partial charge in [0.25, 0.3) is 0 Å². The highest BCUT2D eigenvalue weighted by molar-refractivity contribution is 6.35. The van der Waals surface area contributed by atoms with Crippen molar-refractivity contribution in [3.05, 3.63) is 0 Å². The molecule has 0 aromatic rings. The molecule has 94 valence electrons. The van der Waals surface area contributed by atoms with Crippen LogP contribution in [0.15, 0.2) is 0 Å². The van der Waals surface area contributed by atoms with Crippen LogP contribution in [0.4, 0.5) is 0 Å². The van der Waals surface area contributed by atoms with Crippen LogP contribution in [-0.2, 0) is 28.8 Å². The quantitative estimate of drug-likeness (QED) is 0.336. The zero-order valence-electron chi connectivity index (χ0n) is 9.44. The molecule has 15 heavy (non-hydrogen) atoms. The van der Waals surface area contributed by atoms with Crippen molar-refractivity contribution < 1.29 is 28.8 Å². The summed E-state index contributed by atoms with van der Waals surface area (Å²) in [7, 11) is 3.14. The van der Waals surface area contributed by atoms with Gasteiger partial charge in [0.05, 0.1) is 14.2 Å². The van der Waals surface area contributed by atoms with Crippen molar-refractivity contribution in [3.63, 3.8) is 0 Å². The maximum absolute atomic E-state index is 4.83. The second-order valence-electron chi connectivity index (χ2n) is 1.83. The van der Waals surface area contributed by atoms with Crippen molar-refractivity contribution in [1.82, 2.24) is 0 Å². The Hall–Kier alpha value is 0.0418. The normalized spacial score (nSPS) is 8.60. The van der Waals surface area contributed by atoms with Gasteiger partial charge in [0.2, 0.25) is 0 Å². The molecule has 0 saturated carbocycles. The van der Waals surface area contributed by atoms with Gasteiger partial charge < -0.3 is 9.39 Å². The lowest BCUT2D eigenvalue weighted by atomic mass is 10.3. The van der Waals surface area contributed by atoms with Gasteiger partial charge in [0.15, 0.2) is 0 Å². The van der Waals surface area contributed by atoms with E-state index in [-0.39, 0.29) is 11.0 Å². The van der Waals surface area contributed by atoms with Crippen LogP contribution in [-0.4, -0.2) is 52.8 Å². The average molecular weight is 242 g/mol. The second-order valence-corrected chi connectivity index (χ2v) is 1.83. The molecule has 0 fully saturated rings. The van der Waals surface area contributed by atoms with Gasteiger partial charge in [-0.25, -0.2) is 9.61 Å². The van der Waals surface area contributed by atoms with E-state index in [1.165, 1.54) is 21.3 Å². The molecule has 8 heteroatoms. The average Bonchev–Trinajstić information content (AvgIpc) is 2.20. The zero-order chi connectivity index (χ0) is 11.2. The summed E-state index contributed by atoms with van der Waals surface area (Å²) < 4.78 is 9.37. The topological polar surface area (TPSA) is 55.4 Å². The molecule has 0 rings (SSSR count). The summed E-state index contributed by atoms with van der Waals surface area (Å²) >= 11 is 0. The summed E-state index contributed by atoms with van der Waals surface area (Å²) in [6.07, 6.45) is 0. The van der Waals surface area contributed by atoms with Gasteiger partial charge in [-0.05, 0) is 24.8 Å². The van der Waals surface area contributed by atoms with Crippen LogP contribution in [0.5, 0.6) is 0 Å². The first kappa shape index (κ1) is 20.5. The summed E-state index contributed by atoms with van der Waals surface area (Å²) in [4.78, 5) is 17.2. The summed E-state index contributed by atoms with van der Waals surface area (Å²) in [5, 5.41) is 0. The fraction of sp³-hybridized carbons (Fsp3) is 1.00. The molecule has 0 amide bonds. The molecule has 0 aromatic carbocycles. The zero-order valence-corrected chi connectivity index (χ0v) is 9.44. The van der Waals surface area contributed by atoms with Gasteiger partial charge in [0, 0.05) is 20.3 Å². The molecule has 0 heterocycles. The second kappa shape index (κ2) is 19.6. The van der Waals surface area contributed by atoms with E-state index in [2.05, 4.69) is 24.0 Å². The Balaban J connectivity index is -0.000000208. The monoisotopic (exact) mass is 242 g/mol. The van der Waals surface area contributed by atoms with Gasteiger partial charge in [-0.3, -0.25) is 9.78 Å². The van der Waals surface area contributed by atoms with E-state index in [4.69, 9.17) is 4.74 Å². The third-order valence-electron chi connectivity index (χ3n) is 0.950. The lowest BCUT2D eigenvalue weighted by Gasteiger charge is -2.04. The smallest absolute Gasteiger partial charge is 0.386 e. The van der Waals surface area contributed by atoms with Crippen LogP contribution in [0.25, 0.3) is 0 Å². The molecule has 0 aliphatic heterocycles. The molecule has 0 atom stereocenters. The number of ether oxygens (including phenoxy) is 1. The van der Waals surface area contributed by atoms with E-state index in [1.54, 1.807) is 0 Å². The minimum absolute atomic E-state index is 0. The van der Waals surface area contributed by atoms with E-state index in [9.17, 15) is 0 Å². The van der Waals surface area contributed by atoms with Gasteiger partial charge in [-0.2, -0.15) is 0 Å². The molecule has 0 aliphatic rings. The Morgan fingerprint density at radius 2 is 1.27 bits per heavy atom. The third kappa shape index (κ3) is 20.2. The van der Waals surface area contributed by atoms with E-state index >= 15 is 0 Å². The first-order valence-electron chi connectivity index (χ1n) is 4.26. The van der Waals surface area contributed by atoms with Crippen molar-refractivity contribution in [2.45, 2.75) is 13.8 Å². The predicted molar refractivity (Wildman–Crippen MR) is 62.5 cm³/mol. The van der Waals surface area contributed by atoms with Crippen LogP contribution in [0, 0.1) is 0 Å². The molecule has 0 saturated heterocycles. The van der Waals surface area contributed by atoms with Crippen LogP contribution in [0.1, 0.15) is 13.8 Å². The number of rotatable bonds is 7. The maximum atomic E-state index is 4.83. The van der Waals surface area contributed by atoms with E-state index < -0.39 is 7.32 Å². The first-order chi connectivity index (χ1) is 6.76. The van der Waals surface area contributed by atoms with E-state index in [1.807, 2.05) is 13.8 Å². The van der Waals surface area contributed by atoms with Crippen LogP contribution in [0.2, 0.25) is 0 Å². The fourth-order valence-corrected chi connectivity index (χ4v) is 0.456. The minimum Gasteiger partial charge on any atom is -0.386 e. The molecule has 0 unspecified atom stereocenters. The molecule has 6 nitrogen and oxygen atoms in total. The lowest BCUT2D eigenvalue weighted by molar-refractivity contribution is -0.277.